The van der Waals surface area contributed by atoms with Crippen LogP contribution in [-0.4, -0.2) is 41.5 Å². The van der Waals surface area contributed by atoms with E-state index in [1.54, 1.807) is 0 Å². The highest BCUT2D eigenvalue weighted by Crippen LogP contribution is 2.17. The number of hydrogen-bond acceptors (Lipinski definition) is 4. The summed E-state index contributed by atoms with van der Waals surface area (Å²) in [5.74, 6) is 0.849. The molecule has 1 fully saturated rings. The predicted molar refractivity (Wildman–Crippen MR) is 55.0 cm³/mol. The molecular weight excluding hydrogens is 176 g/mol. The number of nitrogens with one attached hydrogen (secondary N) is 1. The van der Waals surface area contributed by atoms with Gasteiger partial charge in [0.1, 0.15) is 5.82 Å². The first-order valence-electron chi connectivity index (χ1n) is 4.98. The monoisotopic (exact) mass is 192 g/mol. The van der Waals surface area contributed by atoms with Gasteiger partial charge in [0.25, 0.3) is 0 Å². The highest BCUT2D eigenvalue weighted by Gasteiger charge is 2.21. The molecule has 1 aliphatic heterocycles. The van der Waals surface area contributed by atoms with Crippen molar-refractivity contribution >= 4 is 0 Å². The highest BCUT2D eigenvalue weighted by atomic mass is 15.2. The predicted octanol–water partition coefficient (Wildman–Crippen LogP) is 0.361. The van der Waals surface area contributed by atoms with Crippen LogP contribution >= 0.6 is 0 Å². The van der Waals surface area contributed by atoms with Crippen molar-refractivity contribution in [1.82, 2.24) is 20.2 Å². The molecule has 76 valence electrons. The van der Waals surface area contributed by atoms with E-state index in [4.69, 9.17) is 0 Å². The summed E-state index contributed by atoms with van der Waals surface area (Å²) < 4.78 is 0. The topological polar surface area (TPSA) is 41.1 Å². The van der Waals surface area contributed by atoms with Gasteiger partial charge in [0, 0.05) is 25.8 Å². The number of piperazine rings is 1. The highest BCUT2D eigenvalue weighted by molar-refractivity contribution is 5.09. The van der Waals surface area contributed by atoms with Gasteiger partial charge in [-0.2, -0.15) is 0 Å². The molecule has 4 nitrogen and oxygen atoms in total. The van der Waals surface area contributed by atoms with Gasteiger partial charge in [0.05, 0.1) is 11.7 Å². The van der Waals surface area contributed by atoms with Gasteiger partial charge in [0.2, 0.25) is 0 Å². The van der Waals surface area contributed by atoms with E-state index >= 15 is 0 Å². The second-order valence-electron chi connectivity index (χ2n) is 3.73. The number of aryl methyl sites for hydroxylation is 1. The average Bonchev–Trinajstić information content (AvgIpc) is 2.18. The minimum atomic E-state index is 0.394. The van der Waals surface area contributed by atoms with Crippen molar-refractivity contribution in [2.45, 2.75) is 13.0 Å². The average molecular weight is 192 g/mol. The van der Waals surface area contributed by atoms with Crippen LogP contribution in [0.5, 0.6) is 0 Å². The lowest BCUT2D eigenvalue weighted by Gasteiger charge is -2.32. The number of likely N-dealkylation sites (N-methyl/N-ethyl adjacent to an activating group) is 1. The van der Waals surface area contributed by atoms with Gasteiger partial charge in [-0.05, 0) is 20.0 Å². The number of rotatable bonds is 1. The van der Waals surface area contributed by atoms with Crippen molar-refractivity contribution in [2.24, 2.45) is 0 Å². The van der Waals surface area contributed by atoms with Gasteiger partial charge in [-0.25, -0.2) is 9.97 Å². The molecule has 0 amide bonds. The summed E-state index contributed by atoms with van der Waals surface area (Å²) in [7, 11) is 2.14. The third kappa shape index (κ3) is 1.91. The molecule has 0 radical (unpaired) electrons. The van der Waals surface area contributed by atoms with Gasteiger partial charge in [-0.3, -0.25) is 4.90 Å². The molecular formula is C10H16N4. The molecule has 0 saturated carbocycles. The SMILES string of the molecule is Cc1nccc(C2CNCCN2C)n1. The van der Waals surface area contributed by atoms with E-state index in [1.165, 1.54) is 0 Å². The maximum absolute atomic E-state index is 4.45. The molecule has 0 spiro atoms. The van der Waals surface area contributed by atoms with Crippen LogP contribution in [0.15, 0.2) is 12.3 Å². The summed E-state index contributed by atoms with van der Waals surface area (Å²) in [4.78, 5) is 10.9. The Kier molecular flexibility index (Phi) is 2.74. The number of hydrogen-bond donors (Lipinski definition) is 1. The zero-order valence-electron chi connectivity index (χ0n) is 8.70. The first kappa shape index (κ1) is 9.55. The van der Waals surface area contributed by atoms with Crippen LogP contribution < -0.4 is 5.32 Å². The van der Waals surface area contributed by atoms with E-state index in [0.717, 1.165) is 31.2 Å². The molecule has 1 N–H and O–H groups in total. The van der Waals surface area contributed by atoms with Gasteiger partial charge in [-0.1, -0.05) is 0 Å². The molecule has 2 rings (SSSR count). The third-order valence-electron chi connectivity index (χ3n) is 2.65. The Morgan fingerprint density at radius 2 is 2.43 bits per heavy atom. The van der Waals surface area contributed by atoms with Crippen molar-refractivity contribution in [2.75, 3.05) is 26.7 Å². The lowest BCUT2D eigenvalue weighted by molar-refractivity contribution is 0.198. The smallest absolute Gasteiger partial charge is 0.125 e. The lowest BCUT2D eigenvalue weighted by Crippen LogP contribution is -2.44. The fraction of sp³-hybridized carbons (Fsp3) is 0.600. The van der Waals surface area contributed by atoms with Crippen molar-refractivity contribution < 1.29 is 0 Å². The van der Waals surface area contributed by atoms with Gasteiger partial charge < -0.3 is 5.32 Å². The van der Waals surface area contributed by atoms with E-state index in [2.05, 4.69) is 27.2 Å². The van der Waals surface area contributed by atoms with Gasteiger partial charge in [0.15, 0.2) is 0 Å². The minimum absolute atomic E-state index is 0.394. The molecule has 1 aliphatic rings. The Balaban J connectivity index is 2.20. The van der Waals surface area contributed by atoms with Crippen LogP contribution in [0.3, 0.4) is 0 Å². The van der Waals surface area contributed by atoms with Crippen molar-refractivity contribution in [3.05, 3.63) is 23.8 Å². The van der Waals surface area contributed by atoms with Crippen LogP contribution in [0.2, 0.25) is 0 Å². The lowest BCUT2D eigenvalue weighted by atomic mass is 10.1. The van der Waals surface area contributed by atoms with E-state index in [9.17, 15) is 0 Å². The Morgan fingerprint density at radius 1 is 1.57 bits per heavy atom. The number of aromatic nitrogens is 2. The fourth-order valence-electron chi connectivity index (χ4n) is 1.80. The Labute approximate surface area is 84.4 Å². The largest absolute Gasteiger partial charge is 0.313 e. The van der Waals surface area contributed by atoms with E-state index < -0.39 is 0 Å². The second kappa shape index (κ2) is 4.02. The molecule has 1 aromatic rings. The summed E-state index contributed by atoms with van der Waals surface area (Å²) in [6.45, 7) is 5.05. The molecule has 0 aromatic carbocycles. The summed E-state index contributed by atoms with van der Waals surface area (Å²) >= 11 is 0. The molecule has 2 heterocycles. The Hall–Kier alpha value is -1.00. The summed E-state index contributed by atoms with van der Waals surface area (Å²) in [5.41, 5.74) is 1.12. The summed E-state index contributed by atoms with van der Waals surface area (Å²) in [6, 6.07) is 2.40. The molecule has 1 aromatic heterocycles. The third-order valence-corrected chi connectivity index (χ3v) is 2.65. The zero-order chi connectivity index (χ0) is 9.97. The fourth-order valence-corrected chi connectivity index (χ4v) is 1.80. The van der Waals surface area contributed by atoms with Crippen LogP contribution in [0.25, 0.3) is 0 Å². The molecule has 1 unspecified atom stereocenters. The summed E-state index contributed by atoms with van der Waals surface area (Å²) in [5, 5.41) is 3.38. The van der Waals surface area contributed by atoms with Gasteiger partial charge in [-0.15, -0.1) is 0 Å². The van der Waals surface area contributed by atoms with Crippen LogP contribution in [0.4, 0.5) is 0 Å². The molecule has 14 heavy (non-hydrogen) atoms. The van der Waals surface area contributed by atoms with Gasteiger partial charge >= 0.3 is 0 Å². The molecule has 1 saturated heterocycles. The minimum Gasteiger partial charge on any atom is -0.313 e. The van der Waals surface area contributed by atoms with E-state index in [0.29, 0.717) is 6.04 Å². The van der Waals surface area contributed by atoms with Crippen molar-refractivity contribution in [3.8, 4) is 0 Å². The quantitative estimate of drug-likeness (QED) is 0.697. The Morgan fingerprint density at radius 3 is 3.14 bits per heavy atom. The normalized spacial score (nSPS) is 23.7. The first-order chi connectivity index (χ1) is 6.77. The first-order valence-corrected chi connectivity index (χ1v) is 4.98. The van der Waals surface area contributed by atoms with E-state index in [1.807, 2.05) is 19.2 Å². The molecule has 0 aliphatic carbocycles. The standard InChI is InChI=1S/C10H16N4/c1-8-12-4-3-9(13-8)10-7-11-5-6-14(10)2/h3-4,10-11H,5-7H2,1-2H3. The maximum Gasteiger partial charge on any atom is 0.125 e. The van der Waals surface area contributed by atoms with Crippen LogP contribution in [0, 0.1) is 6.92 Å². The van der Waals surface area contributed by atoms with Crippen LogP contribution in [-0.2, 0) is 0 Å². The van der Waals surface area contributed by atoms with Crippen LogP contribution in [0.1, 0.15) is 17.6 Å². The zero-order valence-corrected chi connectivity index (χ0v) is 8.70. The van der Waals surface area contributed by atoms with Crippen molar-refractivity contribution in [3.63, 3.8) is 0 Å². The molecule has 0 bridgehead atoms. The number of nitrogens with zero attached hydrogens (tertiary/aromatic N) is 3. The molecule has 1 atom stereocenters. The van der Waals surface area contributed by atoms with E-state index in [-0.39, 0.29) is 0 Å². The Bertz CT molecular complexity index is 313. The maximum atomic E-state index is 4.45. The summed E-state index contributed by atoms with van der Waals surface area (Å²) in [6.07, 6.45) is 1.83. The van der Waals surface area contributed by atoms with Crippen molar-refractivity contribution in [1.29, 1.82) is 0 Å². The molecule has 4 heteroatoms. The second-order valence-corrected chi connectivity index (χ2v) is 3.73.